The summed E-state index contributed by atoms with van der Waals surface area (Å²) in [6.07, 6.45) is 0. The Kier molecular flexibility index (Phi) is 4.66. The molecule has 1 atom stereocenters. The average Bonchev–Trinajstić information content (AvgIpc) is 2.85. The number of carboxylic acids is 1. The molecular formula is C10H13NO6S2. The zero-order chi connectivity index (χ0) is 14.8. The molecule has 0 fully saturated rings. The largest absolute Gasteiger partial charge is 0.480 e. The smallest absolute Gasteiger partial charge is 0.348 e. The Morgan fingerprint density at radius 2 is 2.05 bits per heavy atom. The third-order valence-electron chi connectivity index (χ3n) is 2.54. The van der Waals surface area contributed by atoms with Gasteiger partial charge in [0.1, 0.15) is 10.9 Å². The Hall–Kier alpha value is -1.45. The topological polar surface area (TPSA) is 101 Å². The highest BCUT2D eigenvalue weighted by Gasteiger charge is 2.30. The molecule has 1 aromatic rings. The molecule has 106 valence electrons. The van der Waals surface area contributed by atoms with Crippen molar-refractivity contribution in [3.05, 3.63) is 16.3 Å². The van der Waals surface area contributed by atoms with E-state index in [1.165, 1.54) is 26.5 Å². The van der Waals surface area contributed by atoms with E-state index in [0.717, 1.165) is 21.7 Å². The molecule has 0 aromatic carbocycles. The molecule has 9 heteroatoms. The number of carbonyl (C=O) groups excluding carboxylic acids is 1. The molecule has 0 saturated carbocycles. The van der Waals surface area contributed by atoms with Crippen LogP contribution in [0.15, 0.2) is 16.3 Å². The van der Waals surface area contributed by atoms with Crippen LogP contribution in [0, 0.1) is 0 Å². The second-order valence-corrected chi connectivity index (χ2v) is 6.58. The van der Waals surface area contributed by atoms with E-state index in [1.54, 1.807) is 0 Å². The predicted molar refractivity (Wildman–Crippen MR) is 67.7 cm³/mol. The molecule has 0 aliphatic carbocycles. The summed E-state index contributed by atoms with van der Waals surface area (Å²) in [5.74, 6) is -1.89. The van der Waals surface area contributed by atoms with Crippen LogP contribution >= 0.6 is 11.3 Å². The average molecular weight is 307 g/mol. The third-order valence-corrected chi connectivity index (χ3v) is 5.51. The summed E-state index contributed by atoms with van der Waals surface area (Å²) in [6, 6.07) is -0.0387. The van der Waals surface area contributed by atoms with Crippen molar-refractivity contribution < 1.29 is 27.9 Å². The first-order valence-corrected chi connectivity index (χ1v) is 7.41. The summed E-state index contributed by atoms with van der Waals surface area (Å²) >= 11 is 0.919. The number of aliphatic carboxylic acids is 1. The minimum Gasteiger partial charge on any atom is -0.480 e. The highest BCUT2D eigenvalue weighted by molar-refractivity contribution is 7.89. The van der Waals surface area contributed by atoms with Crippen LogP contribution in [0.3, 0.4) is 0 Å². The van der Waals surface area contributed by atoms with Gasteiger partial charge < -0.3 is 9.84 Å². The molecule has 0 amide bonds. The van der Waals surface area contributed by atoms with Crippen molar-refractivity contribution >= 4 is 33.3 Å². The Morgan fingerprint density at radius 1 is 1.47 bits per heavy atom. The molecule has 0 saturated heterocycles. The molecule has 0 aliphatic rings. The summed E-state index contributed by atoms with van der Waals surface area (Å²) in [7, 11) is -1.59. The molecule has 19 heavy (non-hydrogen) atoms. The van der Waals surface area contributed by atoms with E-state index in [0.29, 0.717) is 0 Å². The van der Waals surface area contributed by atoms with Gasteiger partial charge in [-0.1, -0.05) is 0 Å². The molecule has 7 nitrogen and oxygen atoms in total. The summed E-state index contributed by atoms with van der Waals surface area (Å²) in [6.45, 7) is 1.26. The monoisotopic (exact) mass is 307 g/mol. The Bertz CT molecular complexity index is 591. The van der Waals surface area contributed by atoms with Crippen molar-refractivity contribution in [2.75, 3.05) is 14.2 Å². The van der Waals surface area contributed by atoms with Crippen molar-refractivity contribution in [1.29, 1.82) is 0 Å². The van der Waals surface area contributed by atoms with Crippen LogP contribution in [-0.2, 0) is 19.6 Å². The molecule has 0 bridgehead atoms. The molecular weight excluding hydrogens is 294 g/mol. The van der Waals surface area contributed by atoms with Crippen molar-refractivity contribution in [2.45, 2.75) is 17.9 Å². The van der Waals surface area contributed by atoms with Crippen LogP contribution in [-0.4, -0.2) is 50.0 Å². The van der Waals surface area contributed by atoms with Crippen LogP contribution in [0.25, 0.3) is 0 Å². The van der Waals surface area contributed by atoms with Gasteiger partial charge in [0.2, 0.25) is 10.0 Å². The van der Waals surface area contributed by atoms with E-state index in [1.807, 2.05) is 0 Å². The Labute approximate surface area is 114 Å². The van der Waals surface area contributed by atoms with Gasteiger partial charge in [0, 0.05) is 12.4 Å². The maximum absolute atomic E-state index is 12.1. The third kappa shape index (κ3) is 3.11. The molecule has 0 aliphatic heterocycles. The van der Waals surface area contributed by atoms with E-state index in [9.17, 15) is 18.0 Å². The number of carbonyl (C=O) groups is 2. The zero-order valence-electron chi connectivity index (χ0n) is 10.5. The van der Waals surface area contributed by atoms with Gasteiger partial charge in [0.15, 0.2) is 0 Å². The van der Waals surface area contributed by atoms with Gasteiger partial charge in [0.05, 0.1) is 12.0 Å². The van der Waals surface area contributed by atoms with Crippen molar-refractivity contribution in [2.24, 2.45) is 0 Å². The fourth-order valence-electron chi connectivity index (χ4n) is 1.19. The van der Waals surface area contributed by atoms with Gasteiger partial charge in [-0.25, -0.2) is 13.2 Å². The van der Waals surface area contributed by atoms with Gasteiger partial charge in [0.25, 0.3) is 0 Å². The Morgan fingerprint density at radius 3 is 2.53 bits per heavy atom. The van der Waals surface area contributed by atoms with Crippen molar-refractivity contribution in [3.63, 3.8) is 0 Å². The van der Waals surface area contributed by atoms with Crippen LogP contribution in [0.4, 0.5) is 0 Å². The minimum absolute atomic E-state index is 0.131. The first kappa shape index (κ1) is 15.6. The normalized spacial score (nSPS) is 13.3. The number of likely N-dealkylation sites (N-methyl/N-ethyl adjacent to an activating group) is 1. The second kappa shape index (κ2) is 5.68. The molecule has 1 unspecified atom stereocenters. The van der Waals surface area contributed by atoms with Crippen LogP contribution < -0.4 is 0 Å². The van der Waals surface area contributed by atoms with Crippen LogP contribution in [0.1, 0.15) is 16.6 Å². The number of ether oxygens (including phenoxy) is 1. The standard InChI is InChI=1S/C10H13NO6S2/c1-6(9(12)13)11(2)19(15,16)7-4-8(18-5-7)10(14)17-3/h4-6H,1-3H3,(H,12,13). The number of esters is 1. The number of sulfonamides is 1. The number of rotatable bonds is 5. The molecule has 0 spiro atoms. The number of methoxy groups -OCH3 is 1. The molecule has 1 aromatic heterocycles. The number of hydrogen-bond acceptors (Lipinski definition) is 6. The maximum atomic E-state index is 12.1. The van der Waals surface area contributed by atoms with Gasteiger partial charge >= 0.3 is 11.9 Å². The lowest BCUT2D eigenvalue weighted by Crippen LogP contribution is -2.40. The minimum atomic E-state index is -3.95. The van der Waals surface area contributed by atoms with Crippen LogP contribution in [0.2, 0.25) is 0 Å². The quantitative estimate of drug-likeness (QED) is 0.801. The number of carboxylic acid groups (broad SMARTS) is 1. The lowest BCUT2D eigenvalue weighted by atomic mass is 10.4. The van der Waals surface area contributed by atoms with Gasteiger partial charge in [-0.2, -0.15) is 4.31 Å². The molecule has 1 rings (SSSR count). The fourth-order valence-corrected chi connectivity index (χ4v) is 3.69. The second-order valence-electron chi connectivity index (χ2n) is 3.67. The predicted octanol–water partition coefficient (Wildman–Crippen LogP) is 0.628. The van der Waals surface area contributed by atoms with E-state index in [-0.39, 0.29) is 9.77 Å². The molecule has 1 N–H and O–H groups in total. The first-order valence-electron chi connectivity index (χ1n) is 5.09. The Balaban J connectivity index is 3.10. The SMILES string of the molecule is COC(=O)c1cc(S(=O)(=O)N(C)C(C)C(=O)O)cs1. The van der Waals surface area contributed by atoms with Crippen LogP contribution in [0.5, 0.6) is 0 Å². The molecule has 1 heterocycles. The zero-order valence-corrected chi connectivity index (χ0v) is 12.1. The lowest BCUT2D eigenvalue weighted by molar-refractivity contribution is -0.140. The van der Waals surface area contributed by atoms with E-state index in [4.69, 9.17) is 5.11 Å². The number of nitrogens with zero attached hydrogens (tertiary/aromatic N) is 1. The molecule has 0 radical (unpaired) electrons. The van der Waals surface area contributed by atoms with Crippen molar-refractivity contribution in [1.82, 2.24) is 4.31 Å². The summed E-state index contributed by atoms with van der Waals surface area (Å²) in [5, 5.41) is 10.1. The first-order chi connectivity index (χ1) is 8.71. The summed E-state index contributed by atoms with van der Waals surface area (Å²) in [5.41, 5.74) is 0. The number of thiophene rings is 1. The maximum Gasteiger partial charge on any atom is 0.348 e. The fraction of sp³-hybridized carbons (Fsp3) is 0.400. The van der Waals surface area contributed by atoms with Gasteiger partial charge in [-0.15, -0.1) is 11.3 Å². The van der Waals surface area contributed by atoms with E-state index >= 15 is 0 Å². The van der Waals surface area contributed by atoms with Crippen molar-refractivity contribution in [3.8, 4) is 0 Å². The highest BCUT2D eigenvalue weighted by Crippen LogP contribution is 2.23. The van der Waals surface area contributed by atoms with Gasteiger partial charge in [-0.3, -0.25) is 4.79 Å². The lowest BCUT2D eigenvalue weighted by Gasteiger charge is -2.20. The highest BCUT2D eigenvalue weighted by atomic mass is 32.2. The summed E-state index contributed by atoms with van der Waals surface area (Å²) < 4.78 is 29.5. The van der Waals surface area contributed by atoms with E-state index < -0.39 is 28.0 Å². The number of hydrogen-bond donors (Lipinski definition) is 1. The van der Waals surface area contributed by atoms with Gasteiger partial charge in [-0.05, 0) is 13.0 Å². The van der Waals surface area contributed by atoms with E-state index in [2.05, 4.69) is 4.74 Å². The summed E-state index contributed by atoms with van der Waals surface area (Å²) in [4.78, 5) is 22.1.